The van der Waals surface area contributed by atoms with Crippen molar-refractivity contribution in [1.29, 1.82) is 0 Å². The largest absolute Gasteiger partial charge is 0.481 e. The summed E-state index contributed by atoms with van der Waals surface area (Å²) in [5.74, 6) is -1.68. The van der Waals surface area contributed by atoms with E-state index in [1.807, 2.05) is 0 Å². The molecule has 48 heavy (non-hydrogen) atoms. The molecule has 0 aromatic carbocycles. The van der Waals surface area contributed by atoms with Crippen LogP contribution in [0.4, 0.5) is 0 Å². The lowest BCUT2D eigenvalue weighted by molar-refractivity contribution is -0.138. The molecule has 5 heterocycles. The maximum absolute atomic E-state index is 11.8. The van der Waals surface area contributed by atoms with Crippen LogP contribution in [0.15, 0.2) is 0 Å². The number of aromatic amines is 4. The Labute approximate surface area is 282 Å². The van der Waals surface area contributed by atoms with Crippen LogP contribution < -0.4 is 21.4 Å². The number of carboxylic acid groups (broad SMARTS) is 2. The fourth-order valence-electron chi connectivity index (χ4n) is 7.81. The Bertz CT molecular complexity index is 2130. The van der Waals surface area contributed by atoms with Crippen LogP contribution in [0.1, 0.15) is 134 Å². The third-order valence-electron chi connectivity index (χ3n) is 10.3. The molecule has 0 radical (unpaired) electrons. The SMILES string of the molecule is CCCC1=c2[nH]c(c(CC)c2C)=C(CCC)c2[nH]c(c(CCC(=O)O)c2C)C=c2[nH]c(c(C)c2CCC(=O)O)=Cc2[nH]c1c(CC)c2C. The van der Waals surface area contributed by atoms with E-state index >= 15 is 0 Å². The highest BCUT2D eigenvalue weighted by atomic mass is 16.4. The van der Waals surface area contributed by atoms with E-state index in [2.05, 4.69) is 87.5 Å². The minimum atomic E-state index is -0.840. The van der Waals surface area contributed by atoms with Crippen LogP contribution in [-0.2, 0) is 35.3 Å². The zero-order valence-corrected chi connectivity index (χ0v) is 29.9. The van der Waals surface area contributed by atoms with Crippen LogP contribution in [0, 0.1) is 27.7 Å². The summed E-state index contributed by atoms with van der Waals surface area (Å²) in [6.45, 7) is 17.5. The molecule has 1 aliphatic heterocycles. The van der Waals surface area contributed by atoms with Crippen LogP contribution in [-0.4, -0.2) is 42.1 Å². The highest BCUT2D eigenvalue weighted by Gasteiger charge is 2.22. The van der Waals surface area contributed by atoms with Crippen molar-refractivity contribution in [3.63, 3.8) is 0 Å². The molecule has 1 aliphatic rings. The normalized spacial score (nSPS) is 12.8. The quantitative estimate of drug-likeness (QED) is 0.123. The lowest BCUT2D eigenvalue weighted by Crippen LogP contribution is -2.19. The molecule has 0 saturated heterocycles. The summed E-state index contributed by atoms with van der Waals surface area (Å²) in [6.07, 6.45) is 10.6. The number of hydrogen-bond donors (Lipinski definition) is 6. The maximum Gasteiger partial charge on any atom is 0.303 e. The van der Waals surface area contributed by atoms with Crippen molar-refractivity contribution >= 4 is 35.2 Å². The zero-order chi connectivity index (χ0) is 34.9. The van der Waals surface area contributed by atoms with Gasteiger partial charge in [-0.3, -0.25) is 9.59 Å². The van der Waals surface area contributed by atoms with Crippen molar-refractivity contribution in [1.82, 2.24) is 19.9 Å². The Hall–Kier alpha value is -4.46. The standard InChI is InChI=1S/C40H52N4O4/c1-9-13-29-37-24(8)28(16-18-36(47)48)34(43-37)20-33-27(15-17-35(45)46)22(6)31(41-33)19-32-21(5)25(11-3)39(42-32)30(14-10-2)38-23(7)26(12-4)40(29)44-38/h19-20,41-44H,9-18H2,1-8H3,(H,45,46)(H,47,48). The number of H-pyrrole nitrogens is 4. The molecule has 0 aliphatic carbocycles. The second-order valence-electron chi connectivity index (χ2n) is 13.3. The molecule has 8 nitrogen and oxygen atoms in total. The number of carbonyl (C=O) groups is 2. The molecule has 4 aromatic rings. The monoisotopic (exact) mass is 652 g/mol. The van der Waals surface area contributed by atoms with Gasteiger partial charge in [0.2, 0.25) is 0 Å². The van der Waals surface area contributed by atoms with Gasteiger partial charge >= 0.3 is 11.9 Å². The van der Waals surface area contributed by atoms with Crippen LogP contribution in [0.25, 0.3) is 23.3 Å². The average Bonchev–Trinajstić information content (AvgIpc) is 3.73. The zero-order valence-electron chi connectivity index (χ0n) is 29.9. The van der Waals surface area contributed by atoms with Crippen molar-refractivity contribution in [2.45, 2.75) is 120 Å². The lowest BCUT2D eigenvalue weighted by atomic mass is 9.96. The molecule has 6 N–H and O–H groups in total. The Morgan fingerprint density at radius 1 is 0.542 bits per heavy atom. The summed E-state index contributed by atoms with van der Waals surface area (Å²) in [5.41, 5.74) is 15.8. The Balaban J connectivity index is 2.04. The number of hydrogen-bond acceptors (Lipinski definition) is 2. The molecular weight excluding hydrogens is 600 g/mol. The Morgan fingerprint density at radius 3 is 1.69 bits per heavy atom. The van der Waals surface area contributed by atoms with Gasteiger partial charge in [-0.2, -0.15) is 0 Å². The summed E-state index contributed by atoms with van der Waals surface area (Å²) in [5, 5.41) is 23.4. The van der Waals surface area contributed by atoms with Crippen LogP contribution >= 0.6 is 0 Å². The number of rotatable bonds is 12. The van der Waals surface area contributed by atoms with Crippen LogP contribution in [0.5, 0.6) is 0 Å². The minimum Gasteiger partial charge on any atom is -0.481 e. The number of fused-ring (bicyclic) bond motifs is 8. The molecule has 0 amide bonds. The Kier molecular flexibility index (Phi) is 10.4. The van der Waals surface area contributed by atoms with Crippen molar-refractivity contribution in [2.75, 3.05) is 0 Å². The predicted octanol–water partition coefficient (Wildman–Crippen LogP) is 5.36. The van der Waals surface area contributed by atoms with E-state index < -0.39 is 11.9 Å². The number of aliphatic carboxylic acids is 2. The highest BCUT2D eigenvalue weighted by Crippen LogP contribution is 2.30. The molecule has 0 atom stereocenters. The van der Waals surface area contributed by atoms with E-state index in [4.69, 9.17) is 0 Å². The summed E-state index contributed by atoms with van der Waals surface area (Å²) in [7, 11) is 0. The Morgan fingerprint density at radius 2 is 1.10 bits per heavy atom. The summed E-state index contributed by atoms with van der Waals surface area (Å²) in [6, 6.07) is 0. The van der Waals surface area contributed by atoms with Gasteiger partial charge in [-0.25, -0.2) is 0 Å². The topological polar surface area (TPSA) is 138 Å². The van der Waals surface area contributed by atoms with Crippen molar-refractivity contribution in [3.8, 4) is 0 Å². The van der Waals surface area contributed by atoms with Crippen molar-refractivity contribution in [3.05, 3.63) is 88.7 Å². The third kappa shape index (κ3) is 6.37. The van der Waals surface area contributed by atoms with Gasteiger partial charge in [0.15, 0.2) is 0 Å². The summed E-state index contributed by atoms with van der Waals surface area (Å²) in [4.78, 5) is 38.8. The smallest absolute Gasteiger partial charge is 0.303 e. The fourth-order valence-corrected chi connectivity index (χ4v) is 7.81. The van der Waals surface area contributed by atoms with Gasteiger partial charge in [-0.15, -0.1) is 0 Å². The molecule has 0 spiro atoms. The van der Waals surface area contributed by atoms with E-state index in [0.29, 0.717) is 12.8 Å². The number of nitrogens with one attached hydrogen (secondary N) is 4. The first-order valence-electron chi connectivity index (χ1n) is 17.7. The molecular formula is C40H52N4O4. The fraction of sp³-hybridized carbons (Fsp3) is 0.450. The van der Waals surface area contributed by atoms with E-state index in [0.717, 1.165) is 93.9 Å². The van der Waals surface area contributed by atoms with Gasteiger partial charge in [0.25, 0.3) is 0 Å². The molecule has 4 aromatic heterocycles. The summed E-state index contributed by atoms with van der Waals surface area (Å²) >= 11 is 0. The molecule has 0 fully saturated rings. The van der Waals surface area contributed by atoms with Crippen LogP contribution in [0.2, 0.25) is 0 Å². The van der Waals surface area contributed by atoms with Crippen molar-refractivity contribution in [2.24, 2.45) is 0 Å². The van der Waals surface area contributed by atoms with Gasteiger partial charge in [0.05, 0.1) is 0 Å². The second kappa shape index (κ2) is 14.3. The molecule has 8 heteroatoms. The molecule has 0 saturated carbocycles. The van der Waals surface area contributed by atoms with E-state index in [-0.39, 0.29) is 12.8 Å². The van der Waals surface area contributed by atoms with Gasteiger partial charge in [-0.1, -0.05) is 40.5 Å². The van der Waals surface area contributed by atoms with E-state index in [9.17, 15) is 19.8 Å². The minimum absolute atomic E-state index is 0.0172. The average molecular weight is 653 g/mol. The number of carboxylic acids is 2. The highest BCUT2D eigenvalue weighted by molar-refractivity contribution is 5.74. The lowest BCUT2D eigenvalue weighted by Gasteiger charge is -2.08. The van der Waals surface area contributed by atoms with Gasteiger partial charge in [0.1, 0.15) is 0 Å². The third-order valence-corrected chi connectivity index (χ3v) is 10.3. The van der Waals surface area contributed by atoms with Gasteiger partial charge in [-0.05, 0) is 134 Å². The molecule has 256 valence electrons. The first-order valence-corrected chi connectivity index (χ1v) is 17.7. The molecule has 0 unspecified atom stereocenters. The van der Waals surface area contributed by atoms with E-state index in [1.54, 1.807) is 0 Å². The molecule has 5 rings (SSSR count). The first kappa shape index (κ1) is 34.9. The predicted molar refractivity (Wildman–Crippen MR) is 193 cm³/mol. The number of aromatic nitrogens is 4. The second-order valence-corrected chi connectivity index (χ2v) is 13.3. The first-order chi connectivity index (χ1) is 22.9. The molecule has 8 bridgehead atoms. The maximum atomic E-state index is 11.8. The van der Waals surface area contributed by atoms with Gasteiger partial charge in [0, 0.05) is 57.0 Å². The van der Waals surface area contributed by atoms with Crippen LogP contribution in [0.3, 0.4) is 0 Å². The summed E-state index contributed by atoms with van der Waals surface area (Å²) < 4.78 is 0. The van der Waals surface area contributed by atoms with Crippen molar-refractivity contribution < 1.29 is 19.8 Å². The van der Waals surface area contributed by atoms with Gasteiger partial charge < -0.3 is 30.1 Å². The van der Waals surface area contributed by atoms with E-state index in [1.165, 1.54) is 44.4 Å².